The fraction of sp³-hybridized carbons (Fsp3) is 0.304. The van der Waals surface area contributed by atoms with E-state index in [0.717, 1.165) is 30.0 Å². The van der Waals surface area contributed by atoms with Gasteiger partial charge in [0.25, 0.3) is 5.91 Å². The first-order valence-corrected chi connectivity index (χ1v) is 10.4. The predicted octanol–water partition coefficient (Wildman–Crippen LogP) is 3.00. The van der Waals surface area contributed by atoms with Crippen LogP contribution in [0.1, 0.15) is 34.2 Å². The topological polar surface area (TPSA) is 91.4 Å². The second-order valence-electron chi connectivity index (χ2n) is 7.29. The molecule has 8 nitrogen and oxygen atoms in total. The maximum absolute atomic E-state index is 13.0. The highest BCUT2D eigenvalue weighted by Crippen LogP contribution is 2.19. The van der Waals surface area contributed by atoms with Crippen molar-refractivity contribution in [2.45, 2.75) is 13.3 Å². The third-order valence-corrected chi connectivity index (χ3v) is 5.24. The van der Waals surface area contributed by atoms with Crippen LogP contribution in [0, 0.1) is 0 Å². The van der Waals surface area contributed by atoms with E-state index < -0.39 is 0 Å². The van der Waals surface area contributed by atoms with Crippen molar-refractivity contribution >= 4 is 17.7 Å². The molecule has 1 aliphatic rings. The van der Waals surface area contributed by atoms with E-state index >= 15 is 0 Å². The lowest BCUT2D eigenvalue weighted by Gasteiger charge is -2.22. The van der Waals surface area contributed by atoms with Crippen molar-refractivity contribution in [1.29, 1.82) is 0 Å². The van der Waals surface area contributed by atoms with Gasteiger partial charge < -0.3 is 14.5 Å². The summed E-state index contributed by atoms with van der Waals surface area (Å²) in [6.07, 6.45) is 2.36. The number of nitrogens with zero attached hydrogens (tertiary/aromatic N) is 4. The first-order valence-electron chi connectivity index (χ1n) is 10.4. The smallest absolute Gasteiger partial charge is 0.339 e. The molecule has 2 aromatic heterocycles. The van der Waals surface area contributed by atoms with E-state index in [1.165, 1.54) is 6.20 Å². The zero-order valence-electron chi connectivity index (χ0n) is 17.5. The Labute approximate surface area is 180 Å². The van der Waals surface area contributed by atoms with Gasteiger partial charge in [-0.05, 0) is 31.5 Å². The Balaban J connectivity index is 1.39. The maximum atomic E-state index is 13.0. The van der Waals surface area contributed by atoms with Gasteiger partial charge in [0.1, 0.15) is 11.5 Å². The first-order chi connectivity index (χ1) is 15.2. The molecule has 8 heteroatoms. The maximum Gasteiger partial charge on any atom is 0.339 e. The Hall–Kier alpha value is -3.68. The van der Waals surface area contributed by atoms with Gasteiger partial charge in [0, 0.05) is 37.9 Å². The van der Waals surface area contributed by atoms with Gasteiger partial charge in [-0.3, -0.25) is 9.89 Å². The monoisotopic (exact) mass is 419 g/mol. The third-order valence-electron chi connectivity index (χ3n) is 5.24. The van der Waals surface area contributed by atoms with E-state index in [1.54, 1.807) is 19.1 Å². The van der Waals surface area contributed by atoms with Gasteiger partial charge in [0.15, 0.2) is 0 Å². The summed E-state index contributed by atoms with van der Waals surface area (Å²) in [5, 5.41) is 7.17. The van der Waals surface area contributed by atoms with Gasteiger partial charge in [-0.2, -0.15) is 5.10 Å². The van der Waals surface area contributed by atoms with Crippen LogP contribution in [0.15, 0.2) is 54.7 Å². The molecule has 4 rings (SSSR count). The zero-order chi connectivity index (χ0) is 21.6. The molecular formula is C23H25N5O3. The van der Waals surface area contributed by atoms with Crippen molar-refractivity contribution in [3.63, 3.8) is 0 Å². The summed E-state index contributed by atoms with van der Waals surface area (Å²) in [5.41, 5.74) is 2.65. The number of carbonyl (C=O) groups is 2. The molecule has 0 bridgehead atoms. The fourth-order valence-corrected chi connectivity index (χ4v) is 3.62. The van der Waals surface area contributed by atoms with Gasteiger partial charge >= 0.3 is 5.97 Å². The molecule has 0 atom stereocenters. The molecule has 160 valence electrons. The van der Waals surface area contributed by atoms with Crippen LogP contribution in [0.2, 0.25) is 0 Å². The van der Waals surface area contributed by atoms with Crippen LogP contribution in [-0.4, -0.2) is 64.7 Å². The Morgan fingerprint density at radius 1 is 1.06 bits per heavy atom. The summed E-state index contributed by atoms with van der Waals surface area (Å²) in [7, 11) is 0. The number of amides is 1. The minimum Gasteiger partial charge on any atom is -0.462 e. The van der Waals surface area contributed by atoms with E-state index in [2.05, 4.69) is 20.1 Å². The fourth-order valence-electron chi connectivity index (χ4n) is 3.62. The summed E-state index contributed by atoms with van der Waals surface area (Å²) in [6.45, 7) is 4.80. The van der Waals surface area contributed by atoms with E-state index in [4.69, 9.17) is 4.74 Å². The molecule has 31 heavy (non-hydrogen) atoms. The molecule has 0 spiro atoms. The van der Waals surface area contributed by atoms with E-state index in [9.17, 15) is 9.59 Å². The Morgan fingerprint density at radius 2 is 1.90 bits per heavy atom. The highest BCUT2D eigenvalue weighted by molar-refractivity contribution is 5.93. The van der Waals surface area contributed by atoms with Crippen LogP contribution < -0.4 is 4.90 Å². The highest BCUT2D eigenvalue weighted by atomic mass is 16.5. The van der Waals surface area contributed by atoms with Gasteiger partial charge in [-0.1, -0.05) is 30.3 Å². The van der Waals surface area contributed by atoms with Crippen molar-refractivity contribution in [2.75, 3.05) is 37.7 Å². The zero-order valence-corrected chi connectivity index (χ0v) is 17.5. The van der Waals surface area contributed by atoms with Gasteiger partial charge in [-0.25, -0.2) is 9.78 Å². The molecule has 1 aromatic carbocycles. The van der Waals surface area contributed by atoms with Gasteiger partial charge in [-0.15, -0.1) is 0 Å². The summed E-state index contributed by atoms with van der Waals surface area (Å²) >= 11 is 0. The second kappa shape index (κ2) is 9.42. The Kier molecular flexibility index (Phi) is 6.26. The first kappa shape index (κ1) is 20.6. The van der Waals surface area contributed by atoms with Crippen LogP contribution in [0.25, 0.3) is 11.3 Å². The highest BCUT2D eigenvalue weighted by Gasteiger charge is 2.23. The minimum absolute atomic E-state index is 0.0536. The van der Waals surface area contributed by atoms with Crippen molar-refractivity contribution in [3.8, 4) is 11.3 Å². The molecule has 3 aromatic rings. The number of nitrogens with one attached hydrogen (secondary N) is 1. The molecule has 1 aliphatic heterocycles. The van der Waals surface area contributed by atoms with E-state index in [1.807, 2.05) is 41.3 Å². The van der Waals surface area contributed by atoms with E-state index in [-0.39, 0.29) is 11.9 Å². The molecule has 3 heterocycles. The number of ether oxygens (including phenoxy) is 1. The number of H-pyrrole nitrogens is 1. The molecule has 0 unspecified atom stereocenters. The van der Waals surface area contributed by atoms with E-state index in [0.29, 0.717) is 37.5 Å². The molecule has 0 aliphatic carbocycles. The average molecular weight is 419 g/mol. The molecule has 0 radical (unpaired) electrons. The number of rotatable bonds is 5. The molecular weight excluding hydrogens is 394 g/mol. The van der Waals surface area contributed by atoms with Crippen molar-refractivity contribution < 1.29 is 14.3 Å². The average Bonchev–Trinajstić information content (AvgIpc) is 3.18. The molecule has 1 amide bonds. The number of hydrogen-bond donors (Lipinski definition) is 1. The number of aromatic nitrogens is 3. The largest absolute Gasteiger partial charge is 0.462 e. The standard InChI is InChI=1S/C23H25N5O3/c1-2-31-23(30)18-9-10-21(24-16-18)27-11-6-12-28(14-13-27)22(29)20-15-19(25-26-20)17-7-4-3-5-8-17/h3-5,7-10,15-16H,2,6,11-14H2,1H3,(H,25,26). The number of carbonyl (C=O) groups excluding carboxylic acids is 2. The summed E-state index contributed by atoms with van der Waals surface area (Å²) < 4.78 is 5.00. The molecule has 1 fully saturated rings. The lowest BCUT2D eigenvalue weighted by atomic mass is 10.1. The van der Waals surface area contributed by atoms with Crippen LogP contribution in [0.4, 0.5) is 5.82 Å². The van der Waals surface area contributed by atoms with Gasteiger partial charge in [0.2, 0.25) is 0 Å². The van der Waals surface area contributed by atoms with Crippen molar-refractivity contribution in [2.24, 2.45) is 0 Å². The predicted molar refractivity (Wildman–Crippen MR) is 117 cm³/mol. The normalized spacial score (nSPS) is 14.2. The van der Waals surface area contributed by atoms with Crippen LogP contribution >= 0.6 is 0 Å². The van der Waals surface area contributed by atoms with Crippen LogP contribution in [-0.2, 0) is 4.74 Å². The number of hydrogen-bond acceptors (Lipinski definition) is 6. The lowest BCUT2D eigenvalue weighted by molar-refractivity contribution is 0.0525. The molecule has 1 N–H and O–H groups in total. The number of esters is 1. The Morgan fingerprint density at radius 3 is 2.65 bits per heavy atom. The Bertz CT molecular complexity index is 1030. The summed E-state index contributed by atoms with van der Waals surface area (Å²) in [5.74, 6) is 0.362. The van der Waals surface area contributed by atoms with Crippen LogP contribution in [0.5, 0.6) is 0 Å². The number of anilines is 1. The van der Waals surface area contributed by atoms with Gasteiger partial charge in [0.05, 0.1) is 17.9 Å². The summed E-state index contributed by atoms with van der Waals surface area (Å²) in [6, 6.07) is 15.1. The number of aromatic amines is 1. The quantitative estimate of drug-likeness (QED) is 0.640. The molecule has 0 saturated carbocycles. The lowest BCUT2D eigenvalue weighted by Crippen LogP contribution is -2.35. The van der Waals surface area contributed by atoms with Crippen LogP contribution in [0.3, 0.4) is 0 Å². The second-order valence-corrected chi connectivity index (χ2v) is 7.29. The SMILES string of the molecule is CCOC(=O)c1ccc(N2CCCN(C(=O)c3cc(-c4ccccc4)n[nH]3)CC2)nc1. The minimum atomic E-state index is -0.372. The summed E-state index contributed by atoms with van der Waals surface area (Å²) in [4.78, 5) is 33.2. The number of benzene rings is 1. The van der Waals surface area contributed by atoms with Crippen molar-refractivity contribution in [3.05, 3.63) is 66.0 Å². The number of pyridine rings is 1. The van der Waals surface area contributed by atoms with Crippen molar-refractivity contribution in [1.82, 2.24) is 20.1 Å². The molecule has 1 saturated heterocycles. The third kappa shape index (κ3) is 4.74.